The Morgan fingerprint density at radius 1 is 1.24 bits per heavy atom. The molecule has 152 valence electrons. The number of carbonyl (C=O) groups is 2. The summed E-state index contributed by atoms with van der Waals surface area (Å²) in [6.07, 6.45) is 0.680. The summed E-state index contributed by atoms with van der Waals surface area (Å²) < 4.78 is 20.1. The Kier molecular flexibility index (Phi) is 5.24. The maximum absolute atomic E-state index is 14.9. The number of hydrogen-bond donors (Lipinski definition) is 2. The highest BCUT2D eigenvalue weighted by molar-refractivity contribution is 5.98. The molecule has 4 rings (SSSR count). The van der Waals surface area contributed by atoms with Crippen LogP contribution in [-0.4, -0.2) is 37.4 Å². The van der Waals surface area contributed by atoms with Gasteiger partial charge in [0.05, 0.1) is 24.8 Å². The molecule has 0 spiro atoms. The highest BCUT2D eigenvalue weighted by Gasteiger charge is 2.42. The molecule has 2 aromatic carbocycles. The molecule has 0 radical (unpaired) electrons. The molecule has 2 aliphatic heterocycles. The first-order chi connectivity index (χ1) is 14.0. The highest BCUT2D eigenvalue weighted by atomic mass is 19.1. The van der Waals surface area contributed by atoms with E-state index < -0.39 is 12.0 Å². The van der Waals surface area contributed by atoms with Crippen molar-refractivity contribution in [2.75, 3.05) is 26.0 Å². The lowest BCUT2D eigenvalue weighted by atomic mass is 9.92. The molecule has 7 heteroatoms. The van der Waals surface area contributed by atoms with Crippen LogP contribution in [0.3, 0.4) is 0 Å². The van der Waals surface area contributed by atoms with Gasteiger partial charge in [-0.05, 0) is 47.9 Å². The van der Waals surface area contributed by atoms with Crippen LogP contribution in [-0.2, 0) is 22.6 Å². The van der Waals surface area contributed by atoms with Gasteiger partial charge in [0.2, 0.25) is 11.8 Å². The van der Waals surface area contributed by atoms with Gasteiger partial charge in [-0.2, -0.15) is 0 Å². The minimum atomic E-state index is -0.599. The average molecular weight is 397 g/mol. The number of ether oxygens (including phenoxy) is 1. The number of amides is 2. The summed E-state index contributed by atoms with van der Waals surface area (Å²) in [5.41, 5.74) is 2.58. The van der Waals surface area contributed by atoms with Crippen LogP contribution in [0.4, 0.5) is 10.1 Å². The van der Waals surface area contributed by atoms with Crippen LogP contribution in [0.5, 0.6) is 5.75 Å². The molecule has 0 bridgehead atoms. The maximum atomic E-state index is 14.9. The number of nitrogens with one attached hydrogen (secondary N) is 2. The van der Waals surface area contributed by atoms with Crippen molar-refractivity contribution in [2.24, 2.45) is 5.92 Å². The van der Waals surface area contributed by atoms with Crippen LogP contribution in [0.2, 0.25) is 0 Å². The number of methoxy groups -OCH3 is 1. The summed E-state index contributed by atoms with van der Waals surface area (Å²) in [5, 5.41) is 5.94. The van der Waals surface area contributed by atoms with Crippen LogP contribution in [0, 0.1) is 11.7 Å². The molecule has 1 fully saturated rings. The van der Waals surface area contributed by atoms with Crippen molar-refractivity contribution in [3.05, 3.63) is 58.9 Å². The number of anilines is 1. The molecule has 0 aromatic heterocycles. The number of benzene rings is 2. The summed E-state index contributed by atoms with van der Waals surface area (Å²) in [4.78, 5) is 27.0. The molecule has 2 amide bonds. The lowest BCUT2D eigenvalue weighted by Gasteiger charge is -2.25. The minimum absolute atomic E-state index is 0.0928. The lowest BCUT2D eigenvalue weighted by molar-refractivity contribution is -0.127. The molecule has 29 heavy (non-hydrogen) atoms. The standard InChI is InChI=1S/C22H24FN3O3/c1-26-19(27)11-17(21(26)13-3-6-15(29-2)7-4-13)22(28)25-18-8-5-14-12-24-10-9-16(14)20(18)23/h3-8,17,21,24H,9-12H2,1-2H3,(H,25,28). The second-order valence-electron chi connectivity index (χ2n) is 7.51. The predicted octanol–water partition coefficient (Wildman–Crippen LogP) is 2.64. The van der Waals surface area contributed by atoms with Gasteiger partial charge in [0.1, 0.15) is 11.6 Å². The Bertz CT molecular complexity index is 945. The SMILES string of the molecule is COc1ccc(C2C(C(=O)Nc3ccc4c(c3F)CCNC4)CC(=O)N2C)cc1. The third-order valence-corrected chi connectivity index (χ3v) is 5.85. The lowest BCUT2D eigenvalue weighted by Crippen LogP contribution is -2.30. The Balaban J connectivity index is 1.59. The van der Waals surface area contributed by atoms with Gasteiger partial charge in [-0.3, -0.25) is 9.59 Å². The van der Waals surface area contributed by atoms with Crippen molar-refractivity contribution >= 4 is 17.5 Å². The number of carbonyl (C=O) groups excluding carboxylic acids is 2. The van der Waals surface area contributed by atoms with Crippen molar-refractivity contribution in [3.8, 4) is 5.75 Å². The van der Waals surface area contributed by atoms with Crippen molar-refractivity contribution in [1.29, 1.82) is 0 Å². The van der Waals surface area contributed by atoms with E-state index in [0.29, 0.717) is 30.8 Å². The summed E-state index contributed by atoms with van der Waals surface area (Å²) in [7, 11) is 3.27. The van der Waals surface area contributed by atoms with Crippen molar-refractivity contribution in [1.82, 2.24) is 10.2 Å². The topological polar surface area (TPSA) is 70.7 Å². The molecule has 2 heterocycles. The molecular weight excluding hydrogens is 373 g/mol. The Hall–Kier alpha value is -2.93. The number of fused-ring (bicyclic) bond motifs is 1. The number of nitrogens with zero attached hydrogens (tertiary/aromatic N) is 1. The minimum Gasteiger partial charge on any atom is -0.497 e. The molecule has 0 aliphatic carbocycles. The van der Waals surface area contributed by atoms with E-state index in [2.05, 4.69) is 10.6 Å². The van der Waals surface area contributed by atoms with Gasteiger partial charge in [-0.1, -0.05) is 18.2 Å². The quantitative estimate of drug-likeness (QED) is 0.832. The average Bonchev–Trinajstić information content (AvgIpc) is 3.05. The molecule has 0 saturated carbocycles. The molecule has 2 atom stereocenters. The summed E-state index contributed by atoms with van der Waals surface area (Å²) in [6, 6.07) is 10.3. The third kappa shape index (κ3) is 3.58. The zero-order chi connectivity index (χ0) is 20.5. The fraction of sp³-hybridized carbons (Fsp3) is 0.364. The van der Waals surface area contributed by atoms with Gasteiger partial charge >= 0.3 is 0 Å². The first kappa shape index (κ1) is 19.4. The summed E-state index contributed by atoms with van der Waals surface area (Å²) in [6.45, 7) is 1.34. The normalized spacial score (nSPS) is 21.1. The molecule has 6 nitrogen and oxygen atoms in total. The highest BCUT2D eigenvalue weighted by Crippen LogP contribution is 2.38. The van der Waals surface area contributed by atoms with E-state index in [4.69, 9.17) is 4.74 Å². The second-order valence-corrected chi connectivity index (χ2v) is 7.51. The number of hydrogen-bond acceptors (Lipinski definition) is 4. The Morgan fingerprint density at radius 2 is 2.00 bits per heavy atom. The first-order valence-corrected chi connectivity index (χ1v) is 9.71. The zero-order valence-electron chi connectivity index (χ0n) is 16.5. The van der Waals surface area contributed by atoms with Crippen LogP contribution >= 0.6 is 0 Å². The van der Waals surface area contributed by atoms with Gasteiger partial charge in [0, 0.05) is 20.0 Å². The van der Waals surface area contributed by atoms with E-state index >= 15 is 0 Å². The predicted molar refractivity (Wildman–Crippen MR) is 107 cm³/mol. The Morgan fingerprint density at radius 3 is 2.72 bits per heavy atom. The largest absolute Gasteiger partial charge is 0.497 e. The van der Waals surface area contributed by atoms with Crippen LogP contribution in [0.15, 0.2) is 36.4 Å². The zero-order valence-corrected chi connectivity index (χ0v) is 16.5. The van der Waals surface area contributed by atoms with Crippen LogP contribution in [0.1, 0.15) is 29.2 Å². The van der Waals surface area contributed by atoms with E-state index in [-0.39, 0.29) is 29.7 Å². The number of halogens is 1. The molecule has 2 unspecified atom stereocenters. The van der Waals surface area contributed by atoms with E-state index in [0.717, 1.165) is 11.1 Å². The van der Waals surface area contributed by atoms with Gasteiger partial charge in [0.25, 0.3) is 0 Å². The van der Waals surface area contributed by atoms with Crippen LogP contribution in [0.25, 0.3) is 0 Å². The van der Waals surface area contributed by atoms with Crippen molar-refractivity contribution < 1.29 is 18.7 Å². The molecular formula is C22H24FN3O3. The molecule has 2 aromatic rings. The third-order valence-electron chi connectivity index (χ3n) is 5.85. The fourth-order valence-corrected chi connectivity index (χ4v) is 4.22. The van der Waals surface area contributed by atoms with Crippen LogP contribution < -0.4 is 15.4 Å². The van der Waals surface area contributed by atoms with E-state index in [1.54, 1.807) is 37.3 Å². The fourth-order valence-electron chi connectivity index (χ4n) is 4.22. The number of likely N-dealkylation sites (tertiary alicyclic amines) is 1. The maximum Gasteiger partial charge on any atom is 0.230 e. The molecule has 2 aliphatic rings. The van der Waals surface area contributed by atoms with Gasteiger partial charge < -0.3 is 20.3 Å². The first-order valence-electron chi connectivity index (χ1n) is 9.71. The Labute approximate surface area is 169 Å². The molecule has 2 N–H and O–H groups in total. The number of rotatable bonds is 4. The second kappa shape index (κ2) is 7.83. The smallest absolute Gasteiger partial charge is 0.230 e. The van der Waals surface area contributed by atoms with Gasteiger partial charge in [-0.15, -0.1) is 0 Å². The monoisotopic (exact) mass is 397 g/mol. The van der Waals surface area contributed by atoms with Gasteiger partial charge in [-0.25, -0.2) is 4.39 Å². The van der Waals surface area contributed by atoms with Gasteiger partial charge in [0.15, 0.2) is 0 Å². The molecule has 1 saturated heterocycles. The van der Waals surface area contributed by atoms with E-state index in [9.17, 15) is 14.0 Å². The van der Waals surface area contributed by atoms with E-state index in [1.807, 2.05) is 18.2 Å². The van der Waals surface area contributed by atoms with Crippen molar-refractivity contribution in [3.63, 3.8) is 0 Å². The summed E-state index contributed by atoms with van der Waals surface area (Å²) >= 11 is 0. The van der Waals surface area contributed by atoms with E-state index in [1.165, 1.54) is 0 Å². The summed E-state index contributed by atoms with van der Waals surface area (Å²) in [5.74, 6) is -0.736. The van der Waals surface area contributed by atoms with Crippen molar-refractivity contribution in [2.45, 2.75) is 25.4 Å².